The van der Waals surface area contributed by atoms with Crippen LogP contribution in [0.15, 0.2) is 140 Å². The monoisotopic (exact) mass is 474 g/mol. The van der Waals surface area contributed by atoms with Crippen molar-refractivity contribution in [3.63, 3.8) is 0 Å². The highest BCUT2D eigenvalue weighted by Gasteiger charge is 2.11. The molecule has 0 fully saturated rings. The van der Waals surface area contributed by atoms with E-state index in [-0.39, 0.29) is 0 Å². The van der Waals surface area contributed by atoms with Gasteiger partial charge < -0.3 is 0 Å². The smallest absolute Gasteiger partial charge is 0.160 e. The van der Waals surface area contributed by atoms with Gasteiger partial charge in [0.05, 0.1) is 11.4 Å². The van der Waals surface area contributed by atoms with E-state index in [1.165, 1.54) is 27.8 Å². The normalized spacial score (nSPS) is 10.8. The molecule has 37 heavy (non-hydrogen) atoms. The zero-order chi connectivity index (χ0) is 25.0. The summed E-state index contributed by atoms with van der Waals surface area (Å²) >= 11 is 0. The lowest BCUT2D eigenvalue weighted by atomic mass is 10.0. The van der Waals surface area contributed by atoms with Crippen molar-refractivity contribution in [2.75, 3.05) is 0 Å². The molecule has 0 N–H and O–H groups in total. The Bertz CT molecular complexity index is 1520. The van der Waals surface area contributed by atoms with Gasteiger partial charge in [0.15, 0.2) is 5.82 Å². The highest BCUT2D eigenvalue weighted by atomic mass is 14.9. The lowest BCUT2D eigenvalue weighted by Crippen LogP contribution is -1.96. The van der Waals surface area contributed by atoms with Crippen molar-refractivity contribution >= 4 is 0 Å². The Kier molecular flexibility index (Phi) is 6.14. The minimum Gasteiger partial charge on any atom is -0.228 e. The molecule has 0 aliphatic carbocycles. The number of rotatable bonds is 5. The number of hydrogen-bond acceptors (Lipinski definition) is 2. The van der Waals surface area contributed by atoms with Gasteiger partial charge in [0.25, 0.3) is 0 Å². The SMILES string of the molecule is Cc1ccc(-c2cc(-c3ccc(-c4ccccc4)cc3)nc(-c3ccc(-c4ccccc4)cc3)n2)cc1. The largest absolute Gasteiger partial charge is 0.228 e. The zero-order valence-corrected chi connectivity index (χ0v) is 20.7. The van der Waals surface area contributed by atoms with E-state index in [0.29, 0.717) is 0 Å². The fourth-order valence-electron chi connectivity index (χ4n) is 4.50. The van der Waals surface area contributed by atoms with Crippen molar-refractivity contribution in [2.24, 2.45) is 0 Å². The van der Waals surface area contributed by atoms with E-state index in [4.69, 9.17) is 9.97 Å². The van der Waals surface area contributed by atoms with Crippen LogP contribution < -0.4 is 0 Å². The first-order valence-corrected chi connectivity index (χ1v) is 12.5. The van der Waals surface area contributed by atoms with Gasteiger partial charge in [-0.2, -0.15) is 0 Å². The Morgan fingerprint density at radius 1 is 0.351 bits per heavy atom. The average molecular weight is 475 g/mol. The van der Waals surface area contributed by atoms with Crippen LogP contribution in [0.2, 0.25) is 0 Å². The van der Waals surface area contributed by atoms with Crippen LogP contribution >= 0.6 is 0 Å². The van der Waals surface area contributed by atoms with Gasteiger partial charge in [0, 0.05) is 16.7 Å². The number of aryl methyl sites for hydroxylation is 1. The number of aromatic nitrogens is 2. The molecule has 0 saturated carbocycles. The van der Waals surface area contributed by atoms with Crippen molar-refractivity contribution < 1.29 is 0 Å². The van der Waals surface area contributed by atoms with E-state index in [1.54, 1.807) is 0 Å². The molecule has 0 bridgehead atoms. The van der Waals surface area contributed by atoms with Crippen LogP contribution in [0.3, 0.4) is 0 Å². The zero-order valence-electron chi connectivity index (χ0n) is 20.7. The average Bonchev–Trinajstić information content (AvgIpc) is 2.98. The first kappa shape index (κ1) is 22.6. The van der Waals surface area contributed by atoms with Crippen LogP contribution in [-0.2, 0) is 0 Å². The van der Waals surface area contributed by atoms with E-state index in [9.17, 15) is 0 Å². The Labute approximate surface area is 218 Å². The summed E-state index contributed by atoms with van der Waals surface area (Å²) in [7, 11) is 0. The summed E-state index contributed by atoms with van der Waals surface area (Å²) in [5.74, 6) is 0.722. The standard InChI is InChI=1S/C35H26N2/c1-25-12-14-30(15-13-25)33-24-34(31-20-16-28(17-21-31)26-8-4-2-5-9-26)37-35(36-33)32-22-18-29(19-23-32)27-10-6-3-7-11-27/h2-24H,1H3. The highest BCUT2D eigenvalue weighted by molar-refractivity contribution is 5.75. The Hall–Kier alpha value is -4.82. The van der Waals surface area contributed by atoms with Crippen molar-refractivity contribution in [3.05, 3.63) is 145 Å². The molecule has 0 saturated heterocycles. The number of hydrogen-bond donors (Lipinski definition) is 0. The Morgan fingerprint density at radius 3 is 1.16 bits per heavy atom. The van der Waals surface area contributed by atoms with Gasteiger partial charge in [-0.3, -0.25) is 0 Å². The van der Waals surface area contributed by atoms with Crippen molar-refractivity contribution in [1.29, 1.82) is 0 Å². The van der Waals surface area contributed by atoms with E-state index in [0.717, 1.165) is 33.9 Å². The second-order valence-electron chi connectivity index (χ2n) is 9.21. The summed E-state index contributed by atoms with van der Waals surface area (Å²) in [6.45, 7) is 2.10. The summed E-state index contributed by atoms with van der Waals surface area (Å²) in [6, 6.07) is 48.5. The molecule has 176 valence electrons. The lowest BCUT2D eigenvalue weighted by molar-refractivity contribution is 1.18. The van der Waals surface area contributed by atoms with Gasteiger partial charge in [0.2, 0.25) is 0 Å². The fraction of sp³-hybridized carbons (Fsp3) is 0.0286. The van der Waals surface area contributed by atoms with Crippen molar-refractivity contribution in [1.82, 2.24) is 9.97 Å². The van der Waals surface area contributed by atoms with Crippen LogP contribution in [0.5, 0.6) is 0 Å². The Morgan fingerprint density at radius 2 is 0.703 bits per heavy atom. The summed E-state index contributed by atoms with van der Waals surface area (Å²) in [4.78, 5) is 10.00. The van der Waals surface area contributed by atoms with Crippen LogP contribution in [0.25, 0.3) is 56.2 Å². The van der Waals surface area contributed by atoms with Gasteiger partial charge in [-0.05, 0) is 35.2 Å². The van der Waals surface area contributed by atoms with Crippen LogP contribution in [-0.4, -0.2) is 9.97 Å². The first-order chi connectivity index (χ1) is 18.2. The molecule has 0 atom stereocenters. The molecule has 0 aliphatic heterocycles. The number of nitrogens with zero attached hydrogens (tertiary/aromatic N) is 2. The topological polar surface area (TPSA) is 25.8 Å². The van der Waals surface area contributed by atoms with Gasteiger partial charge >= 0.3 is 0 Å². The van der Waals surface area contributed by atoms with Gasteiger partial charge in [0.1, 0.15) is 0 Å². The molecule has 6 aromatic rings. The molecule has 6 rings (SSSR count). The summed E-state index contributed by atoms with van der Waals surface area (Å²) < 4.78 is 0. The lowest BCUT2D eigenvalue weighted by Gasteiger charge is -2.11. The second kappa shape index (κ2) is 10.0. The minimum absolute atomic E-state index is 0.722. The van der Waals surface area contributed by atoms with E-state index in [1.807, 2.05) is 12.1 Å². The molecule has 0 amide bonds. The van der Waals surface area contributed by atoms with E-state index in [2.05, 4.69) is 134 Å². The maximum atomic E-state index is 5.01. The summed E-state index contributed by atoms with van der Waals surface area (Å²) in [6.07, 6.45) is 0. The maximum absolute atomic E-state index is 5.01. The van der Waals surface area contributed by atoms with Gasteiger partial charge in [-0.1, -0.05) is 139 Å². The molecule has 2 heteroatoms. The molecule has 0 unspecified atom stereocenters. The third-order valence-corrected chi connectivity index (χ3v) is 6.61. The summed E-state index contributed by atoms with van der Waals surface area (Å²) in [5, 5.41) is 0. The Balaban J connectivity index is 1.42. The molecular weight excluding hydrogens is 448 g/mol. The van der Waals surface area contributed by atoms with E-state index >= 15 is 0 Å². The van der Waals surface area contributed by atoms with Gasteiger partial charge in [-0.25, -0.2) is 9.97 Å². The first-order valence-electron chi connectivity index (χ1n) is 12.5. The summed E-state index contributed by atoms with van der Waals surface area (Å²) in [5.41, 5.74) is 11.0. The van der Waals surface area contributed by atoms with Crippen LogP contribution in [0, 0.1) is 6.92 Å². The second-order valence-corrected chi connectivity index (χ2v) is 9.21. The van der Waals surface area contributed by atoms with Crippen LogP contribution in [0.1, 0.15) is 5.56 Å². The van der Waals surface area contributed by atoms with Crippen LogP contribution in [0.4, 0.5) is 0 Å². The third kappa shape index (κ3) is 4.96. The molecule has 0 aliphatic rings. The molecule has 2 nitrogen and oxygen atoms in total. The van der Waals surface area contributed by atoms with E-state index < -0.39 is 0 Å². The quantitative estimate of drug-likeness (QED) is 0.249. The molecule has 1 aromatic heterocycles. The van der Waals surface area contributed by atoms with Crippen molar-refractivity contribution in [2.45, 2.75) is 6.92 Å². The minimum atomic E-state index is 0.722. The molecular formula is C35H26N2. The molecule has 1 heterocycles. The molecule has 0 radical (unpaired) electrons. The predicted octanol–water partition coefficient (Wildman–Crippen LogP) is 9.12. The fourth-order valence-corrected chi connectivity index (χ4v) is 4.50. The number of benzene rings is 5. The predicted molar refractivity (Wildman–Crippen MR) is 154 cm³/mol. The highest BCUT2D eigenvalue weighted by Crippen LogP contribution is 2.30. The maximum Gasteiger partial charge on any atom is 0.160 e. The molecule has 5 aromatic carbocycles. The molecule has 0 spiro atoms. The third-order valence-electron chi connectivity index (χ3n) is 6.61. The van der Waals surface area contributed by atoms with Gasteiger partial charge in [-0.15, -0.1) is 0 Å². The van der Waals surface area contributed by atoms with Crippen molar-refractivity contribution in [3.8, 4) is 56.2 Å².